The quantitative estimate of drug-likeness (QED) is 0.428. The van der Waals surface area contributed by atoms with Gasteiger partial charge in [-0.25, -0.2) is 14.8 Å². The maximum absolute atomic E-state index is 13.6. The number of nitrogens with zero attached hydrogens (tertiary/aromatic N) is 5. The van der Waals surface area contributed by atoms with Crippen LogP contribution in [0.2, 0.25) is 0 Å². The highest BCUT2D eigenvalue weighted by Crippen LogP contribution is 2.53. The van der Waals surface area contributed by atoms with Crippen LogP contribution in [0, 0.1) is 5.41 Å². The molecule has 3 aromatic heterocycles. The van der Waals surface area contributed by atoms with E-state index in [1.54, 1.807) is 24.3 Å². The van der Waals surface area contributed by atoms with E-state index in [2.05, 4.69) is 27.9 Å². The van der Waals surface area contributed by atoms with E-state index >= 15 is 0 Å². The SMILES string of the molecule is CCn1c(-c2nc3cc(C(=O)N4CCC5(CC5)C(NC(=O)O)C4)cc(OC)c3n2C)cc2cccnc21. The largest absolute Gasteiger partial charge is 0.494 e. The molecule has 1 aliphatic heterocycles. The van der Waals surface area contributed by atoms with Gasteiger partial charge in [-0.2, -0.15) is 0 Å². The van der Waals surface area contributed by atoms with Crippen LogP contribution in [0.5, 0.6) is 5.75 Å². The van der Waals surface area contributed by atoms with Crippen LogP contribution in [0.1, 0.15) is 36.5 Å². The molecular weight excluding hydrogens is 472 g/mol. The normalized spacial score (nSPS) is 18.5. The van der Waals surface area contributed by atoms with Crippen LogP contribution in [-0.4, -0.2) is 67.4 Å². The van der Waals surface area contributed by atoms with E-state index in [1.807, 2.05) is 29.8 Å². The summed E-state index contributed by atoms with van der Waals surface area (Å²) in [4.78, 5) is 36.2. The first-order valence-electron chi connectivity index (χ1n) is 12.6. The summed E-state index contributed by atoms with van der Waals surface area (Å²) < 4.78 is 9.85. The summed E-state index contributed by atoms with van der Waals surface area (Å²) in [6.07, 6.45) is 3.54. The molecule has 1 saturated heterocycles. The smallest absolute Gasteiger partial charge is 0.404 e. The van der Waals surface area contributed by atoms with Crippen molar-refractivity contribution >= 4 is 34.1 Å². The maximum atomic E-state index is 13.6. The average molecular weight is 503 g/mol. The summed E-state index contributed by atoms with van der Waals surface area (Å²) in [6.45, 7) is 3.78. The highest BCUT2D eigenvalue weighted by molar-refractivity contribution is 6.00. The van der Waals surface area contributed by atoms with Gasteiger partial charge in [0, 0.05) is 43.8 Å². The number of imidazole rings is 1. The van der Waals surface area contributed by atoms with E-state index in [-0.39, 0.29) is 17.4 Å². The van der Waals surface area contributed by atoms with Crippen molar-refractivity contribution in [3.8, 4) is 17.3 Å². The molecule has 1 aromatic carbocycles. The molecule has 2 amide bonds. The number of hydrogen-bond acceptors (Lipinski definition) is 5. The number of rotatable bonds is 5. The third-order valence-corrected chi connectivity index (χ3v) is 8.10. The van der Waals surface area contributed by atoms with E-state index in [4.69, 9.17) is 9.72 Å². The molecule has 1 saturated carbocycles. The number of carbonyl (C=O) groups is 2. The second kappa shape index (κ2) is 8.50. The number of hydrogen-bond donors (Lipinski definition) is 2. The number of likely N-dealkylation sites (tertiary alicyclic amines) is 1. The zero-order valence-corrected chi connectivity index (χ0v) is 21.2. The number of carboxylic acid groups (broad SMARTS) is 1. The molecule has 6 rings (SSSR count). The first kappa shape index (κ1) is 23.3. The molecule has 2 N–H and O–H groups in total. The summed E-state index contributed by atoms with van der Waals surface area (Å²) in [6, 6.07) is 9.36. The lowest BCUT2D eigenvalue weighted by Crippen LogP contribution is -2.54. The highest BCUT2D eigenvalue weighted by atomic mass is 16.5. The van der Waals surface area contributed by atoms with Crippen LogP contribution in [0.4, 0.5) is 4.79 Å². The monoisotopic (exact) mass is 502 g/mol. The van der Waals surface area contributed by atoms with Crippen molar-refractivity contribution in [2.45, 2.75) is 38.8 Å². The summed E-state index contributed by atoms with van der Waals surface area (Å²) >= 11 is 0. The fourth-order valence-electron chi connectivity index (χ4n) is 5.92. The molecule has 0 radical (unpaired) electrons. The Labute approximate surface area is 213 Å². The molecule has 1 aliphatic carbocycles. The van der Waals surface area contributed by atoms with Gasteiger partial charge in [-0.3, -0.25) is 4.79 Å². The minimum absolute atomic E-state index is 0.000701. The van der Waals surface area contributed by atoms with Gasteiger partial charge in [-0.15, -0.1) is 0 Å². The zero-order chi connectivity index (χ0) is 25.9. The number of aromatic nitrogens is 4. The van der Waals surface area contributed by atoms with Gasteiger partial charge in [0.25, 0.3) is 5.91 Å². The number of fused-ring (bicyclic) bond motifs is 2. The van der Waals surface area contributed by atoms with Gasteiger partial charge in [0.15, 0.2) is 5.82 Å². The number of aryl methyl sites for hydroxylation is 2. The third-order valence-electron chi connectivity index (χ3n) is 8.10. The molecule has 1 unspecified atom stereocenters. The van der Waals surface area contributed by atoms with Crippen molar-refractivity contribution in [1.29, 1.82) is 0 Å². The summed E-state index contributed by atoms with van der Waals surface area (Å²) in [5.74, 6) is 1.18. The molecule has 192 valence electrons. The molecule has 1 spiro atoms. The van der Waals surface area contributed by atoms with E-state index in [0.717, 1.165) is 53.9 Å². The second-order valence-electron chi connectivity index (χ2n) is 10.1. The van der Waals surface area contributed by atoms with Crippen molar-refractivity contribution in [1.82, 2.24) is 29.3 Å². The fourth-order valence-corrected chi connectivity index (χ4v) is 5.92. The Morgan fingerprint density at radius 2 is 2.05 bits per heavy atom. The second-order valence-corrected chi connectivity index (χ2v) is 10.1. The van der Waals surface area contributed by atoms with E-state index in [9.17, 15) is 14.7 Å². The number of ether oxygens (including phenoxy) is 1. The summed E-state index contributed by atoms with van der Waals surface area (Å²) in [7, 11) is 3.54. The van der Waals surface area contributed by atoms with Crippen LogP contribution in [-0.2, 0) is 13.6 Å². The lowest BCUT2D eigenvalue weighted by Gasteiger charge is -2.39. The Hall–Kier alpha value is -4.08. The standard InChI is InChI=1S/C27H30N6O4/c1-4-33-19(13-16-6-5-10-28-23(16)33)24-29-18-12-17(14-20(37-3)22(18)31(24)2)25(34)32-11-9-27(7-8-27)21(15-32)30-26(35)36/h5-6,10,12-14,21,30H,4,7-9,11,15H2,1-3H3,(H,35,36). The van der Waals surface area contributed by atoms with Gasteiger partial charge in [0.2, 0.25) is 0 Å². The predicted octanol–water partition coefficient (Wildman–Crippen LogP) is 3.88. The van der Waals surface area contributed by atoms with E-state index < -0.39 is 6.09 Å². The van der Waals surface area contributed by atoms with Gasteiger partial charge in [0.05, 0.1) is 24.4 Å². The van der Waals surface area contributed by atoms with Gasteiger partial charge in [-0.1, -0.05) is 0 Å². The minimum atomic E-state index is -1.05. The fraction of sp³-hybridized carbons (Fsp3) is 0.407. The van der Waals surface area contributed by atoms with E-state index in [0.29, 0.717) is 29.9 Å². The number of pyridine rings is 1. The number of carbonyl (C=O) groups excluding carboxylic acids is 1. The molecule has 4 heterocycles. The third kappa shape index (κ3) is 3.70. The van der Waals surface area contributed by atoms with Crippen LogP contribution in [0.3, 0.4) is 0 Å². The van der Waals surface area contributed by atoms with Crippen molar-refractivity contribution < 1.29 is 19.4 Å². The van der Waals surface area contributed by atoms with Gasteiger partial charge in [-0.05, 0) is 61.9 Å². The van der Waals surface area contributed by atoms with Gasteiger partial charge < -0.3 is 29.2 Å². The maximum Gasteiger partial charge on any atom is 0.404 e. The first-order chi connectivity index (χ1) is 17.8. The Balaban J connectivity index is 1.39. The predicted molar refractivity (Wildman–Crippen MR) is 139 cm³/mol. The van der Waals surface area contributed by atoms with Crippen molar-refractivity contribution in [2.75, 3.05) is 20.2 Å². The molecule has 2 aliphatic rings. The summed E-state index contributed by atoms with van der Waals surface area (Å²) in [5, 5.41) is 13.0. The molecule has 2 fully saturated rings. The Morgan fingerprint density at radius 3 is 2.76 bits per heavy atom. The van der Waals surface area contributed by atoms with Crippen LogP contribution in [0.15, 0.2) is 36.5 Å². The Kier molecular flexibility index (Phi) is 5.36. The molecule has 4 aromatic rings. The zero-order valence-electron chi connectivity index (χ0n) is 21.2. The molecule has 37 heavy (non-hydrogen) atoms. The van der Waals surface area contributed by atoms with E-state index in [1.165, 1.54) is 0 Å². The number of benzene rings is 1. The molecular formula is C27H30N6O4. The number of methoxy groups -OCH3 is 1. The van der Waals surface area contributed by atoms with Gasteiger partial charge in [0.1, 0.15) is 16.9 Å². The van der Waals surface area contributed by atoms with Crippen LogP contribution in [0.25, 0.3) is 33.6 Å². The molecule has 10 nitrogen and oxygen atoms in total. The topological polar surface area (TPSA) is 115 Å². The Bertz CT molecular complexity index is 1550. The number of amides is 2. The first-order valence-corrected chi connectivity index (χ1v) is 12.6. The van der Waals surface area contributed by atoms with Crippen LogP contribution >= 0.6 is 0 Å². The lowest BCUT2D eigenvalue weighted by molar-refractivity contribution is 0.0611. The molecule has 1 atom stereocenters. The average Bonchev–Trinajstić information content (AvgIpc) is 3.46. The lowest BCUT2D eigenvalue weighted by atomic mass is 9.88. The van der Waals surface area contributed by atoms with Crippen molar-refractivity contribution in [2.24, 2.45) is 12.5 Å². The highest BCUT2D eigenvalue weighted by Gasteiger charge is 2.53. The van der Waals surface area contributed by atoms with Gasteiger partial charge >= 0.3 is 6.09 Å². The number of piperidine rings is 1. The van der Waals surface area contributed by atoms with Crippen molar-refractivity contribution in [3.05, 3.63) is 42.1 Å². The minimum Gasteiger partial charge on any atom is -0.494 e. The van der Waals surface area contributed by atoms with Crippen molar-refractivity contribution in [3.63, 3.8) is 0 Å². The van der Waals surface area contributed by atoms with Crippen LogP contribution < -0.4 is 10.1 Å². The molecule has 10 heteroatoms. The molecule has 0 bridgehead atoms. The number of nitrogens with one attached hydrogen (secondary N) is 1. The Morgan fingerprint density at radius 1 is 1.24 bits per heavy atom. The summed E-state index contributed by atoms with van der Waals surface area (Å²) in [5.41, 5.74) is 3.79.